The number of carbonyl (C=O) groups excluding carboxylic acids is 1. The fourth-order valence-electron chi connectivity index (χ4n) is 1.30. The van der Waals surface area contributed by atoms with Gasteiger partial charge in [-0.1, -0.05) is 30.3 Å². The Labute approximate surface area is 93.3 Å². The molecule has 0 aliphatic heterocycles. The second kappa shape index (κ2) is 4.61. The van der Waals surface area contributed by atoms with Crippen LogP contribution in [0.2, 0.25) is 0 Å². The van der Waals surface area contributed by atoms with Crippen molar-refractivity contribution in [3.63, 3.8) is 0 Å². The van der Waals surface area contributed by atoms with Crippen molar-refractivity contribution >= 4 is 11.6 Å². The van der Waals surface area contributed by atoms with Crippen LogP contribution in [0.5, 0.6) is 0 Å². The summed E-state index contributed by atoms with van der Waals surface area (Å²) in [5.41, 5.74) is 1.05. The Hall–Kier alpha value is -2.10. The lowest BCUT2D eigenvalue weighted by Crippen LogP contribution is -2.11. The Morgan fingerprint density at radius 1 is 1.38 bits per heavy atom. The average molecular weight is 216 g/mol. The number of aryl methyl sites for hydroxylation is 1. The van der Waals surface area contributed by atoms with Crippen LogP contribution in [0.3, 0.4) is 0 Å². The molecule has 2 aromatic rings. The lowest BCUT2D eigenvalue weighted by molar-refractivity contribution is 0.101. The lowest BCUT2D eigenvalue weighted by Gasteiger charge is -2.00. The average Bonchev–Trinajstić information content (AvgIpc) is 2.79. The molecule has 1 N–H and O–H groups in total. The fourth-order valence-corrected chi connectivity index (χ4v) is 1.30. The van der Waals surface area contributed by atoms with Gasteiger partial charge in [-0.25, -0.2) is 0 Å². The molecule has 16 heavy (non-hydrogen) atoms. The molecule has 0 fully saturated rings. The van der Waals surface area contributed by atoms with Crippen molar-refractivity contribution in [3.05, 3.63) is 47.9 Å². The molecule has 4 nitrogen and oxygen atoms in total. The second-order valence-electron chi connectivity index (χ2n) is 3.35. The van der Waals surface area contributed by atoms with Gasteiger partial charge in [-0.3, -0.25) is 4.79 Å². The Balaban J connectivity index is 2.09. The third-order valence-corrected chi connectivity index (χ3v) is 2.17. The summed E-state index contributed by atoms with van der Waals surface area (Å²) in [4.78, 5) is 11.7. The number of para-hydroxylation sites is 1. The molecule has 1 aromatic carbocycles. The van der Waals surface area contributed by atoms with E-state index >= 15 is 0 Å². The summed E-state index contributed by atoms with van der Waals surface area (Å²) in [5.74, 6) is 0.452. The number of anilines is 1. The number of hydrogen-bond acceptors (Lipinski definition) is 3. The Morgan fingerprint density at radius 2 is 2.12 bits per heavy atom. The molecule has 0 aliphatic carbocycles. The van der Waals surface area contributed by atoms with Gasteiger partial charge < -0.3 is 9.84 Å². The van der Waals surface area contributed by atoms with E-state index in [1.54, 1.807) is 6.07 Å². The van der Waals surface area contributed by atoms with Gasteiger partial charge in [0.05, 0.1) is 0 Å². The molecule has 0 unspecified atom stereocenters. The van der Waals surface area contributed by atoms with E-state index in [0.29, 0.717) is 11.5 Å². The number of benzene rings is 1. The van der Waals surface area contributed by atoms with Gasteiger partial charge in [0, 0.05) is 18.2 Å². The summed E-state index contributed by atoms with van der Waals surface area (Å²) in [6.45, 7) is 1.94. The molecule has 4 heteroatoms. The highest BCUT2D eigenvalue weighted by Gasteiger charge is 2.11. The van der Waals surface area contributed by atoms with E-state index in [1.807, 2.05) is 37.3 Å². The predicted octanol–water partition coefficient (Wildman–Crippen LogP) is 2.49. The van der Waals surface area contributed by atoms with Crippen molar-refractivity contribution in [1.82, 2.24) is 5.16 Å². The van der Waals surface area contributed by atoms with Gasteiger partial charge in [0.15, 0.2) is 5.69 Å². The fraction of sp³-hybridized carbons (Fsp3) is 0.167. The molecule has 82 valence electrons. The Bertz CT molecular complexity index is 477. The molecule has 0 radical (unpaired) electrons. The highest BCUT2D eigenvalue weighted by molar-refractivity contribution is 6.02. The van der Waals surface area contributed by atoms with E-state index in [9.17, 15) is 4.79 Å². The van der Waals surface area contributed by atoms with Gasteiger partial charge in [-0.2, -0.15) is 0 Å². The molecule has 0 aliphatic rings. The van der Waals surface area contributed by atoms with Crippen LogP contribution in [0, 0.1) is 0 Å². The SMILES string of the molecule is CCc1cc(C(=O)Nc2ccccc2)no1. The molecule has 0 bridgehead atoms. The summed E-state index contributed by atoms with van der Waals surface area (Å²) >= 11 is 0. The van der Waals surface area contributed by atoms with Gasteiger partial charge in [0.2, 0.25) is 0 Å². The topological polar surface area (TPSA) is 55.1 Å². The minimum Gasteiger partial charge on any atom is -0.361 e. The molecule has 0 spiro atoms. The minimum absolute atomic E-state index is 0.255. The van der Waals surface area contributed by atoms with Crippen LogP contribution >= 0.6 is 0 Å². The summed E-state index contributed by atoms with van der Waals surface area (Å²) < 4.78 is 4.96. The number of nitrogens with zero attached hydrogens (tertiary/aromatic N) is 1. The number of amides is 1. The monoisotopic (exact) mass is 216 g/mol. The van der Waals surface area contributed by atoms with Crippen LogP contribution in [0.1, 0.15) is 23.2 Å². The first-order valence-electron chi connectivity index (χ1n) is 5.11. The molecule has 0 saturated heterocycles. The Kier molecular flexibility index (Phi) is 3.00. The summed E-state index contributed by atoms with van der Waals surface area (Å²) in [6.07, 6.45) is 0.728. The van der Waals surface area contributed by atoms with Crippen LogP contribution in [0.25, 0.3) is 0 Å². The van der Waals surface area contributed by atoms with Crippen molar-refractivity contribution in [2.24, 2.45) is 0 Å². The van der Waals surface area contributed by atoms with E-state index in [2.05, 4.69) is 10.5 Å². The number of hydrogen-bond donors (Lipinski definition) is 1. The summed E-state index contributed by atoms with van der Waals surface area (Å²) in [5, 5.41) is 6.43. The van der Waals surface area contributed by atoms with Crippen LogP contribution < -0.4 is 5.32 Å². The quantitative estimate of drug-likeness (QED) is 0.857. The molecule has 1 heterocycles. The lowest BCUT2D eigenvalue weighted by atomic mass is 10.3. The largest absolute Gasteiger partial charge is 0.361 e. The van der Waals surface area contributed by atoms with E-state index in [-0.39, 0.29) is 5.91 Å². The molecule has 2 rings (SSSR count). The van der Waals surface area contributed by atoms with Crippen molar-refractivity contribution in [2.45, 2.75) is 13.3 Å². The van der Waals surface area contributed by atoms with E-state index in [1.165, 1.54) is 0 Å². The van der Waals surface area contributed by atoms with Crippen LogP contribution in [-0.4, -0.2) is 11.1 Å². The highest BCUT2D eigenvalue weighted by atomic mass is 16.5. The highest BCUT2D eigenvalue weighted by Crippen LogP contribution is 2.09. The smallest absolute Gasteiger partial charge is 0.277 e. The van der Waals surface area contributed by atoms with Crippen molar-refractivity contribution in [2.75, 3.05) is 5.32 Å². The first-order valence-corrected chi connectivity index (χ1v) is 5.11. The molecule has 1 aromatic heterocycles. The second-order valence-corrected chi connectivity index (χ2v) is 3.35. The molecule has 1 amide bonds. The standard InChI is InChI=1S/C12H12N2O2/c1-2-10-8-11(14-16-10)12(15)13-9-6-4-3-5-7-9/h3-8H,2H2,1H3,(H,13,15). The summed E-state index contributed by atoms with van der Waals surface area (Å²) in [7, 11) is 0. The zero-order valence-corrected chi connectivity index (χ0v) is 8.93. The van der Waals surface area contributed by atoms with Gasteiger partial charge >= 0.3 is 0 Å². The van der Waals surface area contributed by atoms with Crippen molar-refractivity contribution in [1.29, 1.82) is 0 Å². The van der Waals surface area contributed by atoms with Crippen molar-refractivity contribution in [3.8, 4) is 0 Å². The zero-order chi connectivity index (χ0) is 11.4. The number of aromatic nitrogens is 1. The third-order valence-electron chi connectivity index (χ3n) is 2.17. The first kappa shape index (κ1) is 10.4. The van der Waals surface area contributed by atoms with Crippen LogP contribution in [-0.2, 0) is 6.42 Å². The third kappa shape index (κ3) is 2.28. The number of nitrogens with one attached hydrogen (secondary N) is 1. The normalized spacial score (nSPS) is 10.1. The maximum Gasteiger partial charge on any atom is 0.277 e. The van der Waals surface area contributed by atoms with Gasteiger partial charge in [-0.15, -0.1) is 0 Å². The van der Waals surface area contributed by atoms with E-state index in [0.717, 1.165) is 12.1 Å². The first-order chi connectivity index (χ1) is 7.79. The van der Waals surface area contributed by atoms with Gasteiger partial charge in [0.25, 0.3) is 5.91 Å². The van der Waals surface area contributed by atoms with E-state index < -0.39 is 0 Å². The van der Waals surface area contributed by atoms with Crippen LogP contribution in [0.15, 0.2) is 40.9 Å². The van der Waals surface area contributed by atoms with Gasteiger partial charge in [0.1, 0.15) is 5.76 Å². The zero-order valence-electron chi connectivity index (χ0n) is 8.93. The predicted molar refractivity (Wildman–Crippen MR) is 60.3 cm³/mol. The molecular formula is C12H12N2O2. The summed E-state index contributed by atoms with van der Waals surface area (Å²) in [6, 6.07) is 10.9. The van der Waals surface area contributed by atoms with E-state index in [4.69, 9.17) is 4.52 Å². The maximum atomic E-state index is 11.7. The molecular weight excluding hydrogens is 204 g/mol. The van der Waals surface area contributed by atoms with Crippen molar-refractivity contribution < 1.29 is 9.32 Å². The number of rotatable bonds is 3. The Morgan fingerprint density at radius 3 is 2.75 bits per heavy atom. The minimum atomic E-state index is -0.255. The number of carbonyl (C=O) groups is 1. The van der Waals surface area contributed by atoms with Crippen LogP contribution in [0.4, 0.5) is 5.69 Å². The van der Waals surface area contributed by atoms with Gasteiger partial charge in [-0.05, 0) is 12.1 Å². The molecule has 0 atom stereocenters. The molecule has 0 saturated carbocycles. The maximum absolute atomic E-state index is 11.7.